The normalized spacial score (nSPS) is 24.7. The highest BCUT2D eigenvalue weighted by atomic mass is 16.5. The van der Waals surface area contributed by atoms with E-state index >= 15 is 0 Å². The fourth-order valence-electron chi connectivity index (χ4n) is 4.64. The maximum atomic E-state index is 10.6. The van der Waals surface area contributed by atoms with Crippen molar-refractivity contribution >= 4 is 5.57 Å². The van der Waals surface area contributed by atoms with Gasteiger partial charge in [-0.05, 0) is 52.8 Å². The summed E-state index contributed by atoms with van der Waals surface area (Å²) in [5.41, 5.74) is 5.20. The number of hydrogen-bond donors (Lipinski definition) is 1. The molecule has 3 unspecified atom stereocenters. The number of nitrogens with zero attached hydrogens (tertiary/aromatic N) is 5. The Kier molecular flexibility index (Phi) is 6.98. The predicted octanol–water partition coefficient (Wildman–Crippen LogP) is 5.04. The summed E-state index contributed by atoms with van der Waals surface area (Å²) in [6.07, 6.45) is 9.47. The van der Waals surface area contributed by atoms with Crippen molar-refractivity contribution in [3.05, 3.63) is 64.8 Å². The largest absolute Gasteiger partial charge is 0.512 e. The van der Waals surface area contributed by atoms with Gasteiger partial charge in [-0.1, -0.05) is 30.2 Å². The molecule has 176 valence electrons. The minimum atomic E-state index is 0.00393. The lowest BCUT2D eigenvalue weighted by Crippen LogP contribution is -2.44. The van der Waals surface area contributed by atoms with Crippen molar-refractivity contribution in [2.75, 3.05) is 13.6 Å². The van der Waals surface area contributed by atoms with Gasteiger partial charge in [0.15, 0.2) is 0 Å². The molecule has 33 heavy (non-hydrogen) atoms. The van der Waals surface area contributed by atoms with Gasteiger partial charge in [-0.3, -0.25) is 9.58 Å². The van der Waals surface area contributed by atoms with Crippen LogP contribution in [0.1, 0.15) is 63.9 Å². The fourth-order valence-corrected chi connectivity index (χ4v) is 4.64. The molecular weight excluding hydrogens is 414 g/mol. The number of allylic oxidation sites excluding steroid dienone is 5. The fraction of sp³-hybridized carbons (Fsp3) is 0.500. The smallest absolute Gasteiger partial charge is 0.233 e. The minimum Gasteiger partial charge on any atom is -0.512 e. The topological polar surface area (TPSA) is 76.3 Å². The van der Waals surface area contributed by atoms with Crippen LogP contribution in [-0.4, -0.2) is 55.7 Å². The van der Waals surface area contributed by atoms with Crippen LogP contribution in [0.4, 0.5) is 0 Å². The van der Waals surface area contributed by atoms with Crippen LogP contribution in [-0.2, 0) is 0 Å². The molecule has 1 aliphatic heterocycles. The zero-order chi connectivity index (χ0) is 23.5. The quantitative estimate of drug-likeness (QED) is 0.623. The van der Waals surface area contributed by atoms with E-state index in [1.807, 2.05) is 48.2 Å². The maximum absolute atomic E-state index is 10.6. The van der Waals surface area contributed by atoms with Crippen molar-refractivity contribution in [2.24, 2.45) is 0 Å². The first kappa shape index (κ1) is 23.2. The van der Waals surface area contributed by atoms with E-state index in [1.165, 1.54) is 11.1 Å². The van der Waals surface area contributed by atoms with Gasteiger partial charge in [-0.25, -0.2) is 0 Å². The molecule has 1 fully saturated rings. The van der Waals surface area contributed by atoms with E-state index in [0.717, 1.165) is 31.5 Å². The first-order valence-electron chi connectivity index (χ1n) is 11.8. The molecule has 0 saturated carbocycles. The SMILES string of the molecule is CC/C(C)=C(/C)C1CC(Oc2ccc(C3=C(O)CC(n4ccc(C)n4)C=C3)nn2)CCN1C. The van der Waals surface area contributed by atoms with Crippen LogP contribution in [0, 0.1) is 6.92 Å². The Bertz CT molecular complexity index is 1070. The molecule has 0 radical (unpaired) electrons. The highest BCUT2D eigenvalue weighted by Gasteiger charge is 2.29. The predicted molar refractivity (Wildman–Crippen MR) is 130 cm³/mol. The average molecular weight is 450 g/mol. The average Bonchev–Trinajstić information content (AvgIpc) is 3.26. The number of likely N-dealkylation sites (N-methyl/N-ethyl adjacent to an activating group) is 1. The van der Waals surface area contributed by atoms with Crippen molar-refractivity contribution < 1.29 is 9.84 Å². The lowest BCUT2D eigenvalue weighted by Gasteiger charge is -2.38. The van der Waals surface area contributed by atoms with Gasteiger partial charge in [0.1, 0.15) is 11.9 Å². The number of piperidine rings is 1. The second-order valence-electron chi connectivity index (χ2n) is 9.26. The molecule has 2 aromatic rings. The number of aryl methyl sites for hydroxylation is 1. The second-order valence-corrected chi connectivity index (χ2v) is 9.26. The maximum Gasteiger partial charge on any atom is 0.233 e. The van der Waals surface area contributed by atoms with E-state index in [-0.39, 0.29) is 12.1 Å². The van der Waals surface area contributed by atoms with Gasteiger partial charge in [-0.15, -0.1) is 10.2 Å². The third-order valence-corrected chi connectivity index (χ3v) is 7.01. The van der Waals surface area contributed by atoms with E-state index in [2.05, 4.69) is 48.0 Å². The third-order valence-electron chi connectivity index (χ3n) is 7.01. The third kappa shape index (κ3) is 5.19. The van der Waals surface area contributed by atoms with Gasteiger partial charge in [0, 0.05) is 43.3 Å². The van der Waals surface area contributed by atoms with E-state index < -0.39 is 0 Å². The molecule has 1 saturated heterocycles. The van der Waals surface area contributed by atoms with Crippen LogP contribution >= 0.6 is 0 Å². The second kappa shape index (κ2) is 9.91. The van der Waals surface area contributed by atoms with Gasteiger partial charge in [0.2, 0.25) is 5.88 Å². The molecule has 2 aliphatic rings. The summed E-state index contributed by atoms with van der Waals surface area (Å²) in [6.45, 7) is 9.63. The van der Waals surface area contributed by atoms with Gasteiger partial charge in [-0.2, -0.15) is 5.10 Å². The van der Waals surface area contributed by atoms with E-state index in [0.29, 0.717) is 35.4 Å². The molecule has 7 nitrogen and oxygen atoms in total. The lowest BCUT2D eigenvalue weighted by atomic mass is 9.91. The van der Waals surface area contributed by atoms with Gasteiger partial charge in [0.25, 0.3) is 0 Å². The van der Waals surface area contributed by atoms with Gasteiger partial charge < -0.3 is 9.84 Å². The van der Waals surface area contributed by atoms with Crippen LogP contribution in [0.15, 0.2) is 53.5 Å². The summed E-state index contributed by atoms with van der Waals surface area (Å²) in [4.78, 5) is 2.42. The summed E-state index contributed by atoms with van der Waals surface area (Å²) >= 11 is 0. The Hall–Kier alpha value is -2.93. The Morgan fingerprint density at radius 2 is 2.03 bits per heavy atom. The summed E-state index contributed by atoms with van der Waals surface area (Å²) in [7, 11) is 2.19. The summed E-state index contributed by atoms with van der Waals surface area (Å²) < 4.78 is 8.08. The molecular formula is C26H35N5O2. The van der Waals surface area contributed by atoms with Crippen molar-refractivity contribution in [1.29, 1.82) is 0 Å². The van der Waals surface area contributed by atoms with E-state index in [1.54, 1.807) is 0 Å². The van der Waals surface area contributed by atoms with Crippen LogP contribution in [0.3, 0.4) is 0 Å². The van der Waals surface area contributed by atoms with Crippen LogP contribution in [0.2, 0.25) is 0 Å². The monoisotopic (exact) mass is 449 g/mol. The Morgan fingerprint density at radius 1 is 1.21 bits per heavy atom. The first-order valence-corrected chi connectivity index (χ1v) is 11.8. The molecule has 3 heterocycles. The first-order chi connectivity index (χ1) is 15.9. The zero-order valence-corrected chi connectivity index (χ0v) is 20.3. The Morgan fingerprint density at radius 3 is 2.67 bits per heavy atom. The number of aliphatic hydroxyl groups is 1. The Balaban J connectivity index is 1.41. The van der Waals surface area contributed by atoms with Crippen LogP contribution in [0.5, 0.6) is 5.88 Å². The summed E-state index contributed by atoms with van der Waals surface area (Å²) in [5, 5.41) is 23.7. The van der Waals surface area contributed by atoms with Crippen LogP contribution < -0.4 is 4.74 Å². The standard InChI is InChI=1S/C26H35N5O2/c1-6-17(2)19(4)24-16-21(12-13-30(24)5)33-26-10-9-23(27-28-26)22-8-7-20(15-25(22)32)31-14-11-18(3)29-31/h7-11,14,20-21,24,32H,6,12-13,15-16H2,1-5H3/b19-17-. The van der Waals surface area contributed by atoms with Crippen molar-refractivity contribution in [2.45, 2.75) is 71.6 Å². The number of likely N-dealkylation sites (tertiary alicyclic amines) is 1. The molecule has 0 amide bonds. The lowest BCUT2D eigenvalue weighted by molar-refractivity contribution is 0.0807. The zero-order valence-electron chi connectivity index (χ0n) is 20.3. The number of aromatic nitrogens is 4. The molecule has 3 atom stereocenters. The number of rotatable bonds is 6. The van der Waals surface area contributed by atoms with Crippen molar-refractivity contribution in [3.63, 3.8) is 0 Å². The molecule has 0 spiro atoms. The number of aliphatic hydroxyl groups excluding tert-OH is 1. The minimum absolute atomic E-state index is 0.00393. The highest BCUT2D eigenvalue weighted by molar-refractivity contribution is 5.74. The molecule has 7 heteroatoms. The Labute approximate surface area is 196 Å². The number of ether oxygens (including phenoxy) is 1. The summed E-state index contributed by atoms with van der Waals surface area (Å²) in [5.74, 6) is 0.830. The molecule has 1 aliphatic carbocycles. The molecule has 0 aromatic carbocycles. The molecule has 4 rings (SSSR count). The molecule has 2 aromatic heterocycles. The van der Waals surface area contributed by atoms with Gasteiger partial charge in [0.05, 0.1) is 17.4 Å². The van der Waals surface area contributed by atoms with Crippen molar-refractivity contribution in [1.82, 2.24) is 24.9 Å². The van der Waals surface area contributed by atoms with E-state index in [4.69, 9.17) is 4.74 Å². The van der Waals surface area contributed by atoms with Gasteiger partial charge >= 0.3 is 0 Å². The number of hydrogen-bond acceptors (Lipinski definition) is 6. The highest BCUT2D eigenvalue weighted by Crippen LogP contribution is 2.31. The summed E-state index contributed by atoms with van der Waals surface area (Å²) in [6, 6.07) is 6.09. The van der Waals surface area contributed by atoms with E-state index in [9.17, 15) is 5.11 Å². The molecule has 0 bridgehead atoms. The van der Waals surface area contributed by atoms with Crippen molar-refractivity contribution in [3.8, 4) is 5.88 Å². The molecule has 1 N–H and O–H groups in total. The van der Waals surface area contributed by atoms with Crippen LogP contribution in [0.25, 0.3) is 5.57 Å².